The van der Waals surface area contributed by atoms with Crippen LogP contribution in [0.5, 0.6) is 0 Å². The maximum absolute atomic E-state index is 12.7. The average Bonchev–Trinajstić information content (AvgIpc) is 2.08. The fourth-order valence-electron chi connectivity index (χ4n) is 0.851. The Bertz CT molecular complexity index is 234. The minimum atomic E-state index is -1.33. The lowest BCUT2D eigenvalue weighted by Crippen LogP contribution is -2.02. The third kappa shape index (κ3) is 2.02. The molecule has 82 valence electrons. The van der Waals surface area contributed by atoms with Crippen LogP contribution in [-0.2, 0) is 0 Å². The van der Waals surface area contributed by atoms with E-state index in [1.807, 2.05) is 0 Å². The highest BCUT2D eigenvalue weighted by atomic mass is 19.2. The van der Waals surface area contributed by atoms with Crippen LogP contribution in [0.1, 0.15) is 11.1 Å². The number of benzene rings is 1. The molecule has 6 N–H and O–H groups in total. The molecule has 1 aromatic carbocycles. The van der Waals surface area contributed by atoms with Gasteiger partial charge in [0.15, 0.2) is 23.3 Å². The van der Waals surface area contributed by atoms with Crippen molar-refractivity contribution in [2.75, 3.05) is 0 Å². The maximum Gasteiger partial charge on any atom is 0.165 e. The summed E-state index contributed by atoms with van der Waals surface area (Å²) in [5.74, 6) is -5.31. The molecule has 0 spiro atoms. The molecule has 0 radical (unpaired) electrons. The van der Waals surface area contributed by atoms with Gasteiger partial charge in [-0.05, 0) is 13.8 Å². The van der Waals surface area contributed by atoms with Crippen molar-refractivity contribution < 1.29 is 17.6 Å². The van der Waals surface area contributed by atoms with E-state index in [1.165, 1.54) is 0 Å². The van der Waals surface area contributed by atoms with Gasteiger partial charge >= 0.3 is 0 Å². The van der Waals surface area contributed by atoms with Crippen LogP contribution in [0, 0.1) is 37.1 Å². The van der Waals surface area contributed by atoms with Crippen LogP contribution in [0.3, 0.4) is 0 Å². The zero-order valence-electron chi connectivity index (χ0n) is 7.93. The minimum absolute atomic E-state index is 0. The Kier molecular flexibility index (Phi) is 5.39. The highest BCUT2D eigenvalue weighted by Crippen LogP contribution is 2.22. The van der Waals surface area contributed by atoms with Gasteiger partial charge in [-0.15, -0.1) is 0 Å². The summed E-state index contributed by atoms with van der Waals surface area (Å²) >= 11 is 0. The summed E-state index contributed by atoms with van der Waals surface area (Å²) in [5, 5.41) is 0. The maximum atomic E-state index is 12.7. The van der Waals surface area contributed by atoms with Gasteiger partial charge in [0, 0.05) is 11.1 Å². The second-order valence-electron chi connectivity index (χ2n) is 2.51. The van der Waals surface area contributed by atoms with Crippen LogP contribution in [0.2, 0.25) is 0 Å². The molecular formula is C8H12F4N2. The zero-order valence-corrected chi connectivity index (χ0v) is 7.93. The van der Waals surface area contributed by atoms with Crippen LogP contribution in [-0.4, -0.2) is 0 Å². The van der Waals surface area contributed by atoms with Crippen molar-refractivity contribution in [1.29, 1.82) is 0 Å². The van der Waals surface area contributed by atoms with Gasteiger partial charge in [0.1, 0.15) is 0 Å². The molecule has 0 heterocycles. The molecule has 14 heavy (non-hydrogen) atoms. The Morgan fingerprint density at radius 3 is 0.857 bits per heavy atom. The lowest BCUT2D eigenvalue weighted by Gasteiger charge is -2.04. The second kappa shape index (κ2) is 4.92. The van der Waals surface area contributed by atoms with Crippen molar-refractivity contribution in [2.45, 2.75) is 13.8 Å². The lowest BCUT2D eigenvalue weighted by molar-refractivity contribution is 0.436. The first-order valence-electron chi connectivity index (χ1n) is 3.26. The highest BCUT2D eigenvalue weighted by Gasteiger charge is 2.19. The van der Waals surface area contributed by atoms with Gasteiger partial charge in [-0.1, -0.05) is 0 Å². The Hall–Kier alpha value is -1.14. The van der Waals surface area contributed by atoms with Gasteiger partial charge in [0.25, 0.3) is 0 Å². The molecule has 0 atom stereocenters. The van der Waals surface area contributed by atoms with Crippen LogP contribution in [0.15, 0.2) is 0 Å². The van der Waals surface area contributed by atoms with E-state index >= 15 is 0 Å². The molecular weight excluding hydrogens is 200 g/mol. The quantitative estimate of drug-likeness (QED) is 0.512. The van der Waals surface area contributed by atoms with E-state index in [0.717, 1.165) is 13.8 Å². The van der Waals surface area contributed by atoms with E-state index in [9.17, 15) is 17.6 Å². The predicted molar refractivity (Wildman–Crippen MR) is 45.8 cm³/mol. The van der Waals surface area contributed by atoms with Crippen molar-refractivity contribution in [3.8, 4) is 0 Å². The van der Waals surface area contributed by atoms with Gasteiger partial charge < -0.3 is 12.3 Å². The fourth-order valence-corrected chi connectivity index (χ4v) is 0.851. The molecule has 0 aliphatic rings. The Labute approximate surface area is 79.1 Å². The van der Waals surface area contributed by atoms with Gasteiger partial charge in [-0.3, -0.25) is 0 Å². The van der Waals surface area contributed by atoms with Crippen LogP contribution < -0.4 is 12.3 Å². The van der Waals surface area contributed by atoms with Crippen LogP contribution in [0.25, 0.3) is 0 Å². The first kappa shape index (κ1) is 15.3. The first-order chi connectivity index (χ1) is 5.46. The molecule has 0 aliphatic heterocycles. The second-order valence-corrected chi connectivity index (χ2v) is 2.51. The van der Waals surface area contributed by atoms with E-state index in [-0.39, 0.29) is 12.3 Å². The molecule has 0 fully saturated rings. The molecule has 0 aromatic heterocycles. The summed E-state index contributed by atoms with van der Waals surface area (Å²) in [6.07, 6.45) is 0. The largest absolute Gasteiger partial charge is 0.344 e. The van der Waals surface area contributed by atoms with E-state index < -0.39 is 34.4 Å². The fraction of sp³-hybridized carbons (Fsp3) is 0.250. The van der Waals surface area contributed by atoms with Crippen LogP contribution >= 0.6 is 0 Å². The minimum Gasteiger partial charge on any atom is -0.344 e. The topological polar surface area (TPSA) is 70.0 Å². The summed E-state index contributed by atoms with van der Waals surface area (Å²) in [6.45, 7) is 1.96. The monoisotopic (exact) mass is 212 g/mol. The van der Waals surface area contributed by atoms with Gasteiger partial charge in [-0.2, -0.15) is 0 Å². The molecule has 1 rings (SSSR count). The molecule has 0 saturated carbocycles. The molecule has 0 saturated heterocycles. The van der Waals surface area contributed by atoms with E-state index in [2.05, 4.69) is 0 Å². The van der Waals surface area contributed by atoms with Crippen molar-refractivity contribution in [1.82, 2.24) is 12.3 Å². The Balaban J connectivity index is 0. The van der Waals surface area contributed by atoms with Gasteiger partial charge in [-0.25, -0.2) is 17.6 Å². The SMILES string of the molecule is Cc1c(F)c(F)c(C)c(F)c1F.N.N. The van der Waals surface area contributed by atoms with E-state index in [1.54, 1.807) is 0 Å². The van der Waals surface area contributed by atoms with Crippen LogP contribution in [0.4, 0.5) is 17.6 Å². The van der Waals surface area contributed by atoms with Crippen molar-refractivity contribution >= 4 is 0 Å². The van der Waals surface area contributed by atoms with Gasteiger partial charge in [0.2, 0.25) is 0 Å². The molecule has 0 aliphatic carbocycles. The molecule has 6 heteroatoms. The molecule has 0 bridgehead atoms. The summed E-state index contributed by atoms with van der Waals surface area (Å²) in [7, 11) is 0. The predicted octanol–water partition coefficient (Wildman–Crippen LogP) is 3.18. The molecule has 1 aromatic rings. The first-order valence-corrected chi connectivity index (χ1v) is 3.26. The number of hydrogen-bond donors (Lipinski definition) is 2. The van der Waals surface area contributed by atoms with E-state index in [4.69, 9.17) is 0 Å². The van der Waals surface area contributed by atoms with Gasteiger partial charge in [0.05, 0.1) is 0 Å². The molecule has 0 unspecified atom stereocenters. The standard InChI is InChI=1S/C8H6F4.2H3N/c1-3-5(9)7(11)4(2)8(12)6(3)10;;/h1-2H3;2*1H3. The van der Waals surface area contributed by atoms with E-state index in [0.29, 0.717) is 0 Å². The summed E-state index contributed by atoms with van der Waals surface area (Å²) in [5.41, 5.74) is -1.26. The van der Waals surface area contributed by atoms with Crippen molar-refractivity contribution in [2.24, 2.45) is 0 Å². The number of rotatable bonds is 0. The third-order valence-corrected chi connectivity index (χ3v) is 1.70. The third-order valence-electron chi connectivity index (χ3n) is 1.70. The van der Waals surface area contributed by atoms with Crippen molar-refractivity contribution in [3.05, 3.63) is 34.4 Å². The summed E-state index contributed by atoms with van der Waals surface area (Å²) in [4.78, 5) is 0. The molecule has 2 nitrogen and oxygen atoms in total. The summed E-state index contributed by atoms with van der Waals surface area (Å²) in [6, 6.07) is 0. The Morgan fingerprint density at radius 1 is 0.571 bits per heavy atom. The Morgan fingerprint density at radius 2 is 0.714 bits per heavy atom. The number of halogens is 4. The van der Waals surface area contributed by atoms with Crippen molar-refractivity contribution in [3.63, 3.8) is 0 Å². The smallest absolute Gasteiger partial charge is 0.165 e. The summed E-state index contributed by atoms with van der Waals surface area (Å²) < 4.78 is 50.6. The highest BCUT2D eigenvalue weighted by molar-refractivity contribution is 5.27. The molecule has 0 amide bonds. The number of hydrogen-bond acceptors (Lipinski definition) is 2. The zero-order chi connectivity index (χ0) is 9.46. The lowest BCUT2D eigenvalue weighted by atomic mass is 10.1. The average molecular weight is 212 g/mol. The normalized spacial score (nSPS) is 9.00.